The number of carbonyl (C=O) groups excluding carboxylic acids is 1. The van der Waals surface area contributed by atoms with Gasteiger partial charge in [0.05, 0.1) is 17.6 Å². The second-order valence-electron chi connectivity index (χ2n) is 4.68. The molecule has 7 nitrogen and oxygen atoms in total. The van der Waals surface area contributed by atoms with E-state index in [1.54, 1.807) is 11.4 Å². The second-order valence-corrected chi connectivity index (χ2v) is 5.57. The first kappa shape index (κ1) is 15.2. The van der Waals surface area contributed by atoms with Gasteiger partial charge in [0.25, 0.3) is 5.56 Å². The van der Waals surface area contributed by atoms with Crippen molar-refractivity contribution in [1.29, 1.82) is 0 Å². The molecule has 0 aromatic carbocycles. The van der Waals surface area contributed by atoms with Crippen LogP contribution >= 0.6 is 11.3 Å². The third-order valence-corrected chi connectivity index (χ3v) is 3.88. The monoisotopic (exact) mass is 309 g/mol. The summed E-state index contributed by atoms with van der Waals surface area (Å²) < 4.78 is 1.38. The Kier molecular flexibility index (Phi) is 4.69. The molecule has 2 aromatic rings. The van der Waals surface area contributed by atoms with Gasteiger partial charge >= 0.3 is 5.97 Å². The van der Waals surface area contributed by atoms with Crippen LogP contribution < -0.4 is 10.9 Å². The maximum absolute atomic E-state index is 12.1. The van der Waals surface area contributed by atoms with Crippen LogP contribution in [0.1, 0.15) is 13.3 Å². The molecule has 1 atom stereocenters. The lowest BCUT2D eigenvalue weighted by atomic mass is 10.2. The maximum atomic E-state index is 12.1. The van der Waals surface area contributed by atoms with Gasteiger partial charge in [-0.3, -0.25) is 19.0 Å². The predicted octanol–water partition coefficient (Wildman–Crippen LogP) is 0.685. The number of aryl methyl sites for hydroxylation is 1. The van der Waals surface area contributed by atoms with Gasteiger partial charge in [-0.2, -0.15) is 0 Å². The lowest BCUT2D eigenvalue weighted by molar-refractivity contribution is -0.141. The van der Waals surface area contributed by atoms with E-state index in [1.807, 2.05) is 0 Å². The third kappa shape index (κ3) is 3.66. The lowest BCUT2D eigenvalue weighted by Gasteiger charge is -2.09. The minimum absolute atomic E-state index is 0.0743. The molecule has 2 N–H and O–H groups in total. The predicted molar refractivity (Wildman–Crippen MR) is 78.3 cm³/mol. The lowest BCUT2D eigenvalue weighted by Crippen LogP contribution is -2.32. The van der Waals surface area contributed by atoms with Crippen molar-refractivity contribution >= 4 is 33.4 Å². The van der Waals surface area contributed by atoms with Gasteiger partial charge in [-0.15, -0.1) is 11.3 Å². The Morgan fingerprint density at radius 3 is 3.00 bits per heavy atom. The van der Waals surface area contributed by atoms with E-state index in [0.29, 0.717) is 10.2 Å². The van der Waals surface area contributed by atoms with Gasteiger partial charge in [0, 0.05) is 19.5 Å². The van der Waals surface area contributed by atoms with Crippen LogP contribution in [0.25, 0.3) is 10.2 Å². The van der Waals surface area contributed by atoms with Gasteiger partial charge in [-0.25, -0.2) is 4.98 Å². The molecule has 0 bridgehead atoms. The highest BCUT2D eigenvalue weighted by Gasteiger charge is 2.12. The quantitative estimate of drug-likeness (QED) is 0.817. The second kappa shape index (κ2) is 6.49. The highest BCUT2D eigenvalue weighted by atomic mass is 32.1. The molecule has 0 fully saturated rings. The average Bonchev–Trinajstić information content (AvgIpc) is 2.93. The topological polar surface area (TPSA) is 101 Å². The Hall–Kier alpha value is -2.22. The number of nitrogens with zero attached hydrogens (tertiary/aromatic N) is 2. The number of hydrogen-bond acceptors (Lipinski definition) is 5. The molecule has 1 unspecified atom stereocenters. The number of carbonyl (C=O) groups is 2. The van der Waals surface area contributed by atoms with Crippen molar-refractivity contribution in [3.8, 4) is 0 Å². The molecule has 0 saturated heterocycles. The summed E-state index contributed by atoms with van der Waals surface area (Å²) in [4.78, 5) is 39.2. The van der Waals surface area contributed by atoms with Crippen LogP contribution in [0.15, 0.2) is 22.6 Å². The molecule has 0 aliphatic carbocycles. The van der Waals surface area contributed by atoms with Crippen LogP contribution in [0.5, 0.6) is 0 Å². The molecule has 0 aliphatic heterocycles. The number of carboxylic acid groups (broad SMARTS) is 1. The van der Waals surface area contributed by atoms with Crippen molar-refractivity contribution in [3.63, 3.8) is 0 Å². The fourth-order valence-electron chi connectivity index (χ4n) is 1.72. The van der Waals surface area contributed by atoms with Crippen LogP contribution in [0.3, 0.4) is 0 Å². The van der Waals surface area contributed by atoms with E-state index in [1.165, 1.54) is 29.2 Å². The summed E-state index contributed by atoms with van der Waals surface area (Å²) in [6, 6.07) is 1.71. The molecule has 21 heavy (non-hydrogen) atoms. The molecule has 0 saturated carbocycles. The van der Waals surface area contributed by atoms with Crippen molar-refractivity contribution in [2.24, 2.45) is 5.92 Å². The zero-order valence-electron chi connectivity index (χ0n) is 11.4. The highest BCUT2D eigenvalue weighted by molar-refractivity contribution is 7.16. The van der Waals surface area contributed by atoms with Crippen LogP contribution in [-0.2, 0) is 16.1 Å². The van der Waals surface area contributed by atoms with Gasteiger partial charge in [-0.05, 0) is 11.4 Å². The van der Waals surface area contributed by atoms with E-state index in [0.717, 1.165) is 0 Å². The fourth-order valence-corrected chi connectivity index (χ4v) is 2.44. The Balaban J connectivity index is 1.92. The SMILES string of the molecule is CC(CNC(=O)CCn1cnc2sccc2c1=O)C(=O)O. The van der Waals surface area contributed by atoms with E-state index in [-0.39, 0.29) is 31.0 Å². The van der Waals surface area contributed by atoms with E-state index < -0.39 is 11.9 Å². The summed E-state index contributed by atoms with van der Waals surface area (Å²) >= 11 is 1.39. The summed E-state index contributed by atoms with van der Waals surface area (Å²) in [5.41, 5.74) is -0.173. The number of rotatable bonds is 6. The zero-order chi connectivity index (χ0) is 15.4. The maximum Gasteiger partial charge on any atom is 0.308 e. The number of fused-ring (bicyclic) bond motifs is 1. The van der Waals surface area contributed by atoms with Crippen LogP contribution in [0.2, 0.25) is 0 Å². The van der Waals surface area contributed by atoms with E-state index in [2.05, 4.69) is 10.3 Å². The summed E-state index contributed by atoms with van der Waals surface area (Å²) in [7, 11) is 0. The van der Waals surface area contributed by atoms with Crippen molar-refractivity contribution in [2.75, 3.05) is 6.54 Å². The molecule has 8 heteroatoms. The molecular formula is C13H15N3O4S. The molecule has 112 valence electrons. The zero-order valence-corrected chi connectivity index (χ0v) is 12.2. The Morgan fingerprint density at radius 2 is 2.29 bits per heavy atom. The van der Waals surface area contributed by atoms with Gasteiger partial charge in [-0.1, -0.05) is 6.92 Å². The van der Waals surface area contributed by atoms with Crippen LogP contribution in [0, 0.1) is 5.92 Å². The molecular weight excluding hydrogens is 294 g/mol. The van der Waals surface area contributed by atoms with Crippen molar-refractivity contribution < 1.29 is 14.7 Å². The molecule has 2 aromatic heterocycles. The molecule has 2 heterocycles. The Labute approximate surface area is 124 Å². The number of carboxylic acids is 1. The normalized spacial score (nSPS) is 12.2. The van der Waals surface area contributed by atoms with Crippen LogP contribution in [0.4, 0.5) is 0 Å². The fraction of sp³-hybridized carbons (Fsp3) is 0.385. The number of thiophene rings is 1. The standard InChI is InChI=1S/C13H15N3O4S/c1-8(13(19)20)6-14-10(17)2-4-16-7-15-11-9(12(16)18)3-5-21-11/h3,5,7-8H,2,4,6H2,1H3,(H,14,17)(H,19,20). The molecule has 2 rings (SSSR count). The number of nitrogens with one attached hydrogen (secondary N) is 1. The van der Waals surface area contributed by atoms with E-state index in [4.69, 9.17) is 5.11 Å². The van der Waals surface area contributed by atoms with Crippen molar-refractivity contribution in [2.45, 2.75) is 19.9 Å². The number of hydrogen-bond donors (Lipinski definition) is 2. The van der Waals surface area contributed by atoms with Crippen LogP contribution in [-0.4, -0.2) is 33.1 Å². The average molecular weight is 309 g/mol. The number of amides is 1. The van der Waals surface area contributed by atoms with Crippen molar-refractivity contribution in [1.82, 2.24) is 14.9 Å². The number of aromatic nitrogens is 2. The summed E-state index contributed by atoms with van der Waals surface area (Å²) in [6.45, 7) is 1.80. The first-order valence-corrected chi connectivity index (χ1v) is 7.29. The summed E-state index contributed by atoms with van der Waals surface area (Å²) in [5.74, 6) is -1.89. The summed E-state index contributed by atoms with van der Waals surface area (Å²) in [6.07, 6.45) is 1.53. The largest absolute Gasteiger partial charge is 0.481 e. The van der Waals surface area contributed by atoms with Gasteiger partial charge < -0.3 is 10.4 Å². The van der Waals surface area contributed by atoms with Gasteiger partial charge in [0.15, 0.2) is 0 Å². The Morgan fingerprint density at radius 1 is 1.52 bits per heavy atom. The third-order valence-electron chi connectivity index (χ3n) is 3.06. The van der Waals surface area contributed by atoms with Gasteiger partial charge in [0.1, 0.15) is 4.83 Å². The first-order valence-electron chi connectivity index (χ1n) is 6.41. The van der Waals surface area contributed by atoms with Crippen molar-refractivity contribution in [3.05, 3.63) is 28.1 Å². The van der Waals surface area contributed by atoms with E-state index >= 15 is 0 Å². The smallest absolute Gasteiger partial charge is 0.308 e. The molecule has 0 aliphatic rings. The first-order chi connectivity index (χ1) is 9.99. The summed E-state index contributed by atoms with van der Waals surface area (Å²) in [5, 5.41) is 13.6. The Bertz CT molecular complexity index is 722. The minimum Gasteiger partial charge on any atom is -0.481 e. The number of aliphatic carboxylic acids is 1. The van der Waals surface area contributed by atoms with Gasteiger partial charge in [0.2, 0.25) is 5.91 Å². The minimum atomic E-state index is -0.960. The highest BCUT2D eigenvalue weighted by Crippen LogP contribution is 2.13. The van der Waals surface area contributed by atoms with E-state index in [9.17, 15) is 14.4 Å². The molecule has 0 radical (unpaired) electrons. The molecule has 1 amide bonds. The molecule has 0 spiro atoms.